The molecule has 0 fully saturated rings. The minimum absolute atomic E-state index is 0.155. The van der Waals surface area contributed by atoms with E-state index >= 15 is 0 Å². The van der Waals surface area contributed by atoms with Gasteiger partial charge in [0.2, 0.25) is 0 Å². The van der Waals surface area contributed by atoms with Gasteiger partial charge in [-0.25, -0.2) is 9.59 Å². The predicted octanol–water partition coefficient (Wildman–Crippen LogP) is 2.24. The van der Waals surface area contributed by atoms with Gasteiger partial charge in [-0.3, -0.25) is 0 Å². The Bertz CT molecular complexity index is 488. The fourth-order valence-corrected chi connectivity index (χ4v) is 1.54. The third-order valence-corrected chi connectivity index (χ3v) is 2.41. The molecule has 6 heteroatoms. The van der Waals surface area contributed by atoms with Crippen molar-refractivity contribution in [3.8, 4) is 5.75 Å². The number of carbonyl (C=O) groups excluding carboxylic acids is 1. The molecule has 2 amide bonds. The molecule has 1 aromatic carbocycles. The first-order valence-electron chi connectivity index (χ1n) is 6.21. The van der Waals surface area contributed by atoms with Crippen LogP contribution in [0.4, 0.5) is 10.5 Å². The molecule has 1 atom stereocenters. The number of aliphatic carboxylic acids is 1. The molecule has 0 aromatic heterocycles. The highest BCUT2D eigenvalue weighted by Gasteiger charge is 2.18. The first kappa shape index (κ1) is 15.6. The van der Waals surface area contributed by atoms with Gasteiger partial charge in [-0.1, -0.05) is 12.1 Å². The molecule has 1 aromatic rings. The van der Waals surface area contributed by atoms with Crippen molar-refractivity contribution < 1.29 is 19.4 Å². The number of hydrogen-bond donors (Lipinski definition) is 3. The summed E-state index contributed by atoms with van der Waals surface area (Å²) in [6.45, 7) is 5.84. The summed E-state index contributed by atoms with van der Waals surface area (Å²) in [5, 5.41) is 13.8. The second-order valence-electron chi connectivity index (χ2n) is 3.97. The highest BCUT2D eigenvalue weighted by atomic mass is 16.5. The number of amides is 2. The van der Waals surface area contributed by atoms with Gasteiger partial charge in [0.15, 0.2) is 0 Å². The Kier molecular flexibility index (Phi) is 6.09. The zero-order chi connectivity index (χ0) is 15.0. The second kappa shape index (κ2) is 7.83. The minimum atomic E-state index is -1.11. The van der Waals surface area contributed by atoms with Crippen LogP contribution in [0, 0.1) is 0 Å². The smallest absolute Gasteiger partial charge is 0.326 e. The molecular formula is C14H18N2O4. The summed E-state index contributed by atoms with van der Waals surface area (Å²) in [7, 11) is 0. The molecule has 0 aliphatic carbocycles. The first-order chi connectivity index (χ1) is 9.56. The van der Waals surface area contributed by atoms with Crippen LogP contribution < -0.4 is 15.4 Å². The van der Waals surface area contributed by atoms with E-state index in [1.165, 1.54) is 6.08 Å². The van der Waals surface area contributed by atoms with Gasteiger partial charge in [-0.05, 0) is 25.5 Å². The van der Waals surface area contributed by atoms with Crippen LogP contribution in [-0.4, -0.2) is 29.8 Å². The van der Waals surface area contributed by atoms with Crippen molar-refractivity contribution in [2.45, 2.75) is 19.4 Å². The lowest BCUT2D eigenvalue weighted by Crippen LogP contribution is -2.42. The maximum atomic E-state index is 11.7. The lowest BCUT2D eigenvalue weighted by Gasteiger charge is -2.14. The second-order valence-corrected chi connectivity index (χ2v) is 3.97. The number of carboxylic acid groups (broad SMARTS) is 1. The summed E-state index contributed by atoms with van der Waals surface area (Å²) in [6, 6.07) is 5.26. The number of hydrogen-bond acceptors (Lipinski definition) is 3. The zero-order valence-electron chi connectivity index (χ0n) is 11.3. The summed E-state index contributed by atoms with van der Waals surface area (Å²) in [5.74, 6) is -0.478. The van der Waals surface area contributed by atoms with Gasteiger partial charge < -0.3 is 20.5 Å². The van der Waals surface area contributed by atoms with Crippen molar-refractivity contribution in [2.24, 2.45) is 0 Å². The number of carboxylic acids is 1. The molecule has 0 aliphatic rings. The number of ether oxygens (including phenoxy) is 1. The SMILES string of the molecule is C=CCC(NC(=O)Nc1cccc(OCC)c1)C(=O)O. The van der Waals surface area contributed by atoms with Crippen molar-refractivity contribution in [1.29, 1.82) is 0 Å². The molecule has 0 bridgehead atoms. The number of nitrogens with one attached hydrogen (secondary N) is 2. The number of carbonyl (C=O) groups is 2. The molecule has 1 rings (SSSR count). The Morgan fingerprint density at radius 1 is 1.50 bits per heavy atom. The molecular weight excluding hydrogens is 260 g/mol. The summed E-state index contributed by atoms with van der Waals surface area (Å²) >= 11 is 0. The maximum Gasteiger partial charge on any atom is 0.326 e. The van der Waals surface area contributed by atoms with Crippen molar-refractivity contribution in [3.05, 3.63) is 36.9 Å². The highest BCUT2D eigenvalue weighted by Crippen LogP contribution is 2.17. The molecule has 0 aliphatic heterocycles. The van der Waals surface area contributed by atoms with E-state index in [1.807, 2.05) is 6.92 Å². The minimum Gasteiger partial charge on any atom is -0.494 e. The molecule has 108 valence electrons. The van der Waals surface area contributed by atoms with E-state index in [0.717, 1.165) is 0 Å². The number of rotatable bonds is 7. The van der Waals surface area contributed by atoms with Crippen LogP contribution in [0.25, 0.3) is 0 Å². The van der Waals surface area contributed by atoms with Gasteiger partial charge in [0.05, 0.1) is 6.61 Å². The van der Waals surface area contributed by atoms with Crippen molar-refractivity contribution in [3.63, 3.8) is 0 Å². The molecule has 6 nitrogen and oxygen atoms in total. The molecule has 0 saturated carbocycles. The van der Waals surface area contributed by atoms with E-state index in [0.29, 0.717) is 18.0 Å². The van der Waals surface area contributed by atoms with Crippen LogP contribution in [-0.2, 0) is 4.79 Å². The Labute approximate surface area is 117 Å². The standard InChI is InChI=1S/C14H18N2O4/c1-3-6-12(13(17)18)16-14(19)15-10-7-5-8-11(9-10)20-4-2/h3,5,7-9,12H,1,4,6H2,2H3,(H,17,18)(H2,15,16,19). The fourth-order valence-electron chi connectivity index (χ4n) is 1.54. The fraction of sp³-hybridized carbons (Fsp3) is 0.286. The molecule has 0 spiro atoms. The molecule has 20 heavy (non-hydrogen) atoms. The van der Waals surface area contributed by atoms with Crippen molar-refractivity contribution >= 4 is 17.7 Å². The Morgan fingerprint density at radius 3 is 2.85 bits per heavy atom. The Balaban J connectivity index is 2.63. The van der Waals surface area contributed by atoms with Crippen LogP contribution in [0.3, 0.4) is 0 Å². The van der Waals surface area contributed by atoms with Gasteiger partial charge in [0.1, 0.15) is 11.8 Å². The van der Waals surface area contributed by atoms with Crippen molar-refractivity contribution in [2.75, 3.05) is 11.9 Å². The van der Waals surface area contributed by atoms with Crippen molar-refractivity contribution in [1.82, 2.24) is 5.32 Å². The average Bonchev–Trinajstić information content (AvgIpc) is 2.38. The predicted molar refractivity (Wildman–Crippen MR) is 76.0 cm³/mol. The molecule has 0 radical (unpaired) electrons. The van der Waals surface area contributed by atoms with E-state index in [-0.39, 0.29) is 6.42 Å². The Hall–Kier alpha value is -2.50. The lowest BCUT2D eigenvalue weighted by molar-refractivity contribution is -0.139. The summed E-state index contributed by atoms with van der Waals surface area (Å²) < 4.78 is 5.31. The highest BCUT2D eigenvalue weighted by molar-refractivity contribution is 5.92. The van der Waals surface area contributed by atoms with Crippen LogP contribution in [0.2, 0.25) is 0 Å². The third kappa shape index (κ3) is 5.01. The Morgan fingerprint density at radius 2 is 2.25 bits per heavy atom. The van der Waals surface area contributed by atoms with E-state index < -0.39 is 18.0 Å². The van der Waals surface area contributed by atoms with E-state index in [4.69, 9.17) is 9.84 Å². The monoisotopic (exact) mass is 278 g/mol. The zero-order valence-corrected chi connectivity index (χ0v) is 11.3. The summed E-state index contributed by atoms with van der Waals surface area (Å²) in [4.78, 5) is 22.6. The summed E-state index contributed by atoms with van der Waals surface area (Å²) in [5.41, 5.74) is 0.524. The van der Waals surface area contributed by atoms with Gasteiger partial charge in [-0.2, -0.15) is 0 Å². The van der Waals surface area contributed by atoms with Crippen LogP contribution >= 0.6 is 0 Å². The molecule has 0 saturated heterocycles. The third-order valence-electron chi connectivity index (χ3n) is 2.41. The number of anilines is 1. The maximum absolute atomic E-state index is 11.7. The largest absolute Gasteiger partial charge is 0.494 e. The van der Waals surface area contributed by atoms with E-state index in [9.17, 15) is 9.59 Å². The van der Waals surface area contributed by atoms with Gasteiger partial charge >= 0.3 is 12.0 Å². The van der Waals surface area contributed by atoms with Gasteiger partial charge in [0, 0.05) is 11.8 Å². The number of benzene rings is 1. The van der Waals surface area contributed by atoms with Crippen LogP contribution in [0.5, 0.6) is 5.75 Å². The molecule has 1 unspecified atom stereocenters. The molecule has 0 heterocycles. The van der Waals surface area contributed by atoms with E-state index in [1.54, 1.807) is 24.3 Å². The summed E-state index contributed by atoms with van der Waals surface area (Å²) in [6.07, 6.45) is 1.59. The number of urea groups is 1. The normalized spacial score (nSPS) is 11.2. The van der Waals surface area contributed by atoms with E-state index in [2.05, 4.69) is 17.2 Å². The first-order valence-corrected chi connectivity index (χ1v) is 6.21. The molecule has 3 N–H and O–H groups in total. The van der Waals surface area contributed by atoms with Gasteiger partial charge in [-0.15, -0.1) is 6.58 Å². The van der Waals surface area contributed by atoms with Crippen LogP contribution in [0.15, 0.2) is 36.9 Å². The quantitative estimate of drug-likeness (QED) is 0.667. The average molecular weight is 278 g/mol. The lowest BCUT2D eigenvalue weighted by atomic mass is 10.2. The van der Waals surface area contributed by atoms with Gasteiger partial charge in [0.25, 0.3) is 0 Å². The topological polar surface area (TPSA) is 87.7 Å². The van der Waals surface area contributed by atoms with Crippen LogP contribution in [0.1, 0.15) is 13.3 Å².